The van der Waals surface area contributed by atoms with E-state index in [1.807, 2.05) is 38.1 Å². The molecule has 0 fully saturated rings. The van der Waals surface area contributed by atoms with E-state index < -0.39 is 0 Å². The van der Waals surface area contributed by atoms with Crippen LogP contribution in [-0.2, 0) is 0 Å². The normalized spacial score (nSPS) is 10.9. The number of nitrogens with zero attached hydrogens (tertiary/aromatic N) is 2. The van der Waals surface area contributed by atoms with Crippen LogP contribution in [-0.4, -0.2) is 17.0 Å². The van der Waals surface area contributed by atoms with Gasteiger partial charge in [0.25, 0.3) is 0 Å². The number of hydrogen-bond donors (Lipinski definition) is 1. The van der Waals surface area contributed by atoms with Crippen LogP contribution in [0, 0.1) is 13.8 Å². The van der Waals surface area contributed by atoms with Gasteiger partial charge in [0, 0.05) is 11.9 Å². The number of aryl methyl sites for hydroxylation is 2. The van der Waals surface area contributed by atoms with Gasteiger partial charge in [-0.25, -0.2) is 4.98 Å². The summed E-state index contributed by atoms with van der Waals surface area (Å²) < 4.78 is 5.92. The first-order chi connectivity index (χ1) is 10.1. The van der Waals surface area contributed by atoms with Crippen LogP contribution in [0.2, 0.25) is 5.02 Å². The second-order valence-electron chi connectivity index (χ2n) is 4.71. The zero-order chi connectivity index (χ0) is 15.0. The third kappa shape index (κ3) is 2.80. The fraction of sp³-hybridized carbons (Fsp3) is 0.200. The summed E-state index contributed by atoms with van der Waals surface area (Å²) >= 11 is 7.84. The number of nitrogens with one attached hydrogen (secondary N) is 1. The van der Waals surface area contributed by atoms with Crippen molar-refractivity contribution < 1.29 is 4.74 Å². The minimum absolute atomic E-state index is 0.513. The molecule has 6 heteroatoms. The Hall–Kier alpha value is -1.85. The van der Waals surface area contributed by atoms with Gasteiger partial charge in [0.15, 0.2) is 0 Å². The summed E-state index contributed by atoms with van der Waals surface area (Å²) in [5.41, 5.74) is 1.09. The van der Waals surface area contributed by atoms with E-state index in [0.717, 1.165) is 20.7 Å². The topological polar surface area (TPSA) is 47.0 Å². The first-order valence-electron chi connectivity index (χ1n) is 6.47. The first-order valence-corrected chi connectivity index (χ1v) is 7.66. The molecule has 21 heavy (non-hydrogen) atoms. The van der Waals surface area contributed by atoms with Crippen molar-refractivity contribution in [3.8, 4) is 11.6 Å². The number of ether oxygens (including phenoxy) is 1. The fourth-order valence-corrected chi connectivity index (χ4v) is 3.14. The van der Waals surface area contributed by atoms with Crippen molar-refractivity contribution in [1.82, 2.24) is 9.97 Å². The Bertz CT molecular complexity index is 816. The minimum atomic E-state index is 0.513. The molecular formula is C15H14ClN3OS. The van der Waals surface area contributed by atoms with E-state index >= 15 is 0 Å². The van der Waals surface area contributed by atoms with Gasteiger partial charge in [0.2, 0.25) is 11.8 Å². The Labute approximate surface area is 131 Å². The van der Waals surface area contributed by atoms with Crippen LogP contribution < -0.4 is 10.1 Å². The Kier molecular flexibility index (Phi) is 3.69. The molecule has 0 unspecified atom stereocenters. The molecule has 0 spiro atoms. The number of halogens is 1. The maximum Gasteiger partial charge on any atom is 0.232 e. The van der Waals surface area contributed by atoms with Crippen LogP contribution >= 0.6 is 22.9 Å². The highest BCUT2D eigenvalue weighted by Gasteiger charge is 2.13. The van der Waals surface area contributed by atoms with E-state index in [9.17, 15) is 0 Å². The van der Waals surface area contributed by atoms with Gasteiger partial charge in [-0.05, 0) is 37.6 Å². The van der Waals surface area contributed by atoms with Gasteiger partial charge in [-0.3, -0.25) is 0 Å². The van der Waals surface area contributed by atoms with Crippen molar-refractivity contribution in [1.29, 1.82) is 0 Å². The predicted molar refractivity (Wildman–Crippen MR) is 88.0 cm³/mol. The Morgan fingerprint density at radius 3 is 2.71 bits per heavy atom. The lowest BCUT2D eigenvalue weighted by Crippen LogP contribution is -1.98. The van der Waals surface area contributed by atoms with Crippen molar-refractivity contribution in [3.63, 3.8) is 0 Å². The van der Waals surface area contributed by atoms with Crippen LogP contribution in [0.1, 0.15) is 10.4 Å². The van der Waals surface area contributed by atoms with Gasteiger partial charge in [-0.2, -0.15) is 4.98 Å². The highest BCUT2D eigenvalue weighted by molar-refractivity contribution is 7.18. The van der Waals surface area contributed by atoms with E-state index in [1.54, 1.807) is 18.4 Å². The minimum Gasteiger partial charge on any atom is -0.437 e. The summed E-state index contributed by atoms with van der Waals surface area (Å²) in [4.78, 5) is 10.9. The molecule has 1 N–H and O–H groups in total. The molecule has 108 valence electrons. The van der Waals surface area contributed by atoms with Crippen LogP contribution in [0.5, 0.6) is 11.6 Å². The Morgan fingerprint density at radius 2 is 2.00 bits per heavy atom. The van der Waals surface area contributed by atoms with Gasteiger partial charge in [0.05, 0.1) is 10.4 Å². The van der Waals surface area contributed by atoms with E-state index in [2.05, 4.69) is 15.3 Å². The standard InChI is InChI=1S/C15H14ClN3OS/c1-8-4-5-12(11(16)6-8)20-13-10-7-9(2)21-14(10)19-15(17-3)18-13/h4-7H,1-3H3,(H,17,18,19). The molecule has 0 radical (unpaired) electrons. The molecule has 4 nitrogen and oxygen atoms in total. The predicted octanol–water partition coefficient (Wildman–Crippen LogP) is 4.80. The quantitative estimate of drug-likeness (QED) is 0.753. The van der Waals surface area contributed by atoms with E-state index in [1.165, 1.54) is 0 Å². The zero-order valence-electron chi connectivity index (χ0n) is 11.9. The zero-order valence-corrected chi connectivity index (χ0v) is 13.5. The summed E-state index contributed by atoms with van der Waals surface area (Å²) in [7, 11) is 1.78. The molecule has 0 amide bonds. The van der Waals surface area contributed by atoms with Crippen LogP contribution in [0.4, 0.5) is 5.95 Å². The van der Waals surface area contributed by atoms with Crippen molar-refractivity contribution in [2.24, 2.45) is 0 Å². The van der Waals surface area contributed by atoms with Gasteiger partial charge >= 0.3 is 0 Å². The van der Waals surface area contributed by atoms with Crippen molar-refractivity contribution in [3.05, 3.63) is 39.7 Å². The lowest BCUT2D eigenvalue weighted by molar-refractivity contribution is 0.469. The van der Waals surface area contributed by atoms with Crippen molar-refractivity contribution >= 4 is 39.1 Å². The molecule has 0 aliphatic heterocycles. The number of hydrogen-bond acceptors (Lipinski definition) is 5. The van der Waals surface area contributed by atoms with Crippen LogP contribution in [0.25, 0.3) is 10.2 Å². The lowest BCUT2D eigenvalue weighted by Gasteiger charge is -2.09. The molecule has 0 aliphatic carbocycles. The maximum absolute atomic E-state index is 6.23. The molecule has 0 saturated carbocycles. The van der Waals surface area contributed by atoms with Crippen LogP contribution in [0.3, 0.4) is 0 Å². The summed E-state index contributed by atoms with van der Waals surface area (Å²) in [5.74, 6) is 1.63. The number of benzene rings is 1. The number of fused-ring (bicyclic) bond motifs is 1. The summed E-state index contributed by atoms with van der Waals surface area (Å²) in [6.45, 7) is 4.02. The largest absolute Gasteiger partial charge is 0.437 e. The Balaban J connectivity index is 2.10. The Morgan fingerprint density at radius 1 is 1.19 bits per heavy atom. The third-order valence-corrected chi connectivity index (χ3v) is 4.24. The van der Waals surface area contributed by atoms with Crippen molar-refractivity contribution in [2.75, 3.05) is 12.4 Å². The van der Waals surface area contributed by atoms with Gasteiger partial charge < -0.3 is 10.1 Å². The summed E-state index contributed by atoms with van der Waals surface area (Å²) in [5, 5.41) is 4.42. The average molecular weight is 320 g/mol. The molecule has 2 aromatic heterocycles. The molecule has 0 aliphatic rings. The summed E-state index contributed by atoms with van der Waals surface area (Å²) in [6, 6.07) is 7.70. The molecule has 0 atom stereocenters. The first kappa shape index (κ1) is 14.1. The van der Waals surface area contributed by atoms with E-state index in [4.69, 9.17) is 16.3 Å². The van der Waals surface area contributed by atoms with Crippen molar-refractivity contribution in [2.45, 2.75) is 13.8 Å². The second kappa shape index (κ2) is 5.50. The van der Waals surface area contributed by atoms with Gasteiger partial charge in [0.1, 0.15) is 10.6 Å². The lowest BCUT2D eigenvalue weighted by atomic mass is 10.2. The molecule has 1 aromatic carbocycles. The molecule has 2 heterocycles. The van der Waals surface area contributed by atoms with E-state index in [-0.39, 0.29) is 0 Å². The third-order valence-electron chi connectivity index (χ3n) is 3.00. The molecule has 3 rings (SSSR count). The summed E-state index contributed by atoms with van der Waals surface area (Å²) in [6.07, 6.45) is 0. The van der Waals surface area contributed by atoms with E-state index in [0.29, 0.717) is 22.6 Å². The number of rotatable bonds is 3. The smallest absolute Gasteiger partial charge is 0.232 e. The maximum atomic E-state index is 6.23. The fourth-order valence-electron chi connectivity index (χ4n) is 2.00. The molecule has 0 saturated heterocycles. The number of aromatic nitrogens is 2. The molecular weight excluding hydrogens is 306 g/mol. The monoisotopic (exact) mass is 319 g/mol. The average Bonchev–Trinajstić information content (AvgIpc) is 2.82. The second-order valence-corrected chi connectivity index (χ2v) is 6.36. The van der Waals surface area contributed by atoms with Crippen LogP contribution in [0.15, 0.2) is 24.3 Å². The number of anilines is 1. The highest BCUT2D eigenvalue weighted by atomic mass is 35.5. The number of thiophene rings is 1. The highest BCUT2D eigenvalue weighted by Crippen LogP contribution is 2.36. The molecule has 3 aromatic rings. The SMILES string of the molecule is CNc1nc(Oc2ccc(C)cc2Cl)c2cc(C)sc2n1. The molecule has 0 bridgehead atoms. The van der Waals surface area contributed by atoms with Gasteiger partial charge in [-0.15, -0.1) is 11.3 Å². The van der Waals surface area contributed by atoms with Gasteiger partial charge in [-0.1, -0.05) is 17.7 Å².